The lowest BCUT2D eigenvalue weighted by Crippen LogP contribution is -2.66. The number of rotatable bonds is 6. The summed E-state index contributed by atoms with van der Waals surface area (Å²) in [6.07, 6.45) is 6.63. The van der Waals surface area contributed by atoms with Crippen LogP contribution in [0.25, 0.3) is 10.2 Å². The van der Waals surface area contributed by atoms with Crippen LogP contribution in [0.2, 0.25) is 0 Å². The number of nitrogens with zero attached hydrogens (tertiary/aromatic N) is 3. The van der Waals surface area contributed by atoms with Gasteiger partial charge in [-0.3, -0.25) is 19.3 Å². The van der Waals surface area contributed by atoms with Gasteiger partial charge in [-0.15, -0.1) is 11.3 Å². The molecule has 3 amide bonds. The van der Waals surface area contributed by atoms with Crippen molar-refractivity contribution >= 4 is 45.0 Å². The third-order valence-electron chi connectivity index (χ3n) is 8.60. The lowest BCUT2D eigenvalue weighted by Gasteiger charge is -2.45. The number of anilines is 1. The van der Waals surface area contributed by atoms with Gasteiger partial charge in [0.2, 0.25) is 11.8 Å². The predicted octanol–water partition coefficient (Wildman–Crippen LogP) is 3.66. The first-order chi connectivity index (χ1) is 18.2. The highest BCUT2D eigenvalue weighted by Gasteiger charge is 2.49. The number of morpholine rings is 1. The largest absolute Gasteiger partial charge is 0.379 e. The summed E-state index contributed by atoms with van der Waals surface area (Å²) in [4.78, 5) is 46.8. The molecule has 2 fully saturated rings. The standard InChI is InChI=1S/C28H41N5O4S/c1-18-19(2)38-26-22(18)23(29-20(3)34)24-25(35)33(12-11-31-13-15-37-16-14-31)28(4,17-32(24)26)27(36)30-21-9-7-5-6-8-10-21/h21H,5-17H2,1-4H3,(H,29,34)(H,30,36). The second kappa shape index (κ2) is 11.0. The number of carbonyl (C=O) groups is 3. The fourth-order valence-electron chi connectivity index (χ4n) is 6.24. The predicted molar refractivity (Wildman–Crippen MR) is 150 cm³/mol. The molecule has 4 heterocycles. The number of aromatic nitrogens is 1. The van der Waals surface area contributed by atoms with Gasteiger partial charge in [0.05, 0.1) is 25.4 Å². The quantitative estimate of drug-likeness (QED) is 0.542. The van der Waals surface area contributed by atoms with Crippen LogP contribution in [0.4, 0.5) is 5.69 Å². The van der Waals surface area contributed by atoms with E-state index in [1.54, 1.807) is 16.2 Å². The van der Waals surface area contributed by atoms with Crippen molar-refractivity contribution in [2.24, 2.45) is 0 Å². The zero-order valence-corrected chi connectivity index (χ0v) is 24.0. The lowest BCUT2D eigenvalue weighted by molar-refractivity contribution is -0.133. The maximum atomic E-state index is 14.4. The van der Waals surface area contributed by atoms with Crippen LogP contribution in [0.1, 0.15) is 73.3 Å². The molecule has 5 rings (SSSR count). The summed E-state index contributed by atoms with van der Waals surface area (Å²) in [5.41, 5.74) is 1.06. The van der Waals surface area contributed by atoms with E-state index < -0.39 is 5.54 Å². The van der Waals surface area contributed by atoms with E-state index in [1.165, 1.54) is 19.8 Å². The van der Waals surface area contributed by atoms with Crippen molar-refractivity contribution in [3.63, 3.8) is 0 Å². The van der Waals surface area contributed by atoms with Crippen molar-refractivity contribution in [3.05, 3.63) is 16.1 Å². The van der Waals surface area contributed by atoms with Crippen LogP contribution in [0.5, 0.6) is 0 Å². The summed E-state index contributed by atoms with van der Waals surface area (Å²) < 4.78 is 7.49. The molecule has 2 aromatic rings. The molecule has 1 saturated heterocycles. The Balaban J connectivity index is 1.55. The van der Waals surface area contributed by atoms with Gasteiger partial charge in [0, 0.05) is 49.4 Å². The summed E-state index contributed by atoms with van der Waals surface area (Å²) in [6, 6.07) is 0.144. The molecule has 1 saturated carbocycles. The minimum atomic E-state index is -1.05. The van der Waals surface area contributed by atoms with Crippen molar-refractivity contribution in [2.75, 3.05) is 44.7 Å². The Morgan fingerprint density at radius 3 is 2.42 bits per heavy atom. The van der Waals surface area contributed by atoms with Gasteiger partial charge in [0.1, 0.15) is 16.1 Å². The Kier molecular flexibility index (Phi) is 7.84. The van der Waals surface area contributed by atoms with Crippen LogP contribution in [0, 0.1) is 13.8 Å². The van der Waals surface area contributed by atoms with Crippen LogP contribution >= 0.6 is 11.3 Å². The average Bonchev–Trinajstić information content (AvgIpc) is 3.18. The third-order valence-corrected chi connectivity index (χ3v) is 9.83. The molecule has 1 aliphatic carbocycles. The van der Waals surface area contributed by atoms with Crippen LogP contribution in [0.15, 0.2) is 0 Å². The molecule has 0 aromatic carbocycles. The fourth-order valence-corrected chi connectivity index (χ4v) is 7.41. The number of nitrogens with one attached hydrogen (secondary N) is 2. The summed E-state index contributed by atoms with van der Waals surface area (Å²) in [5, 5.41) is 7.22. The van der Waals surface area contributed by atoms with Crippen molar-refractivity contribution < 1.29 is 19.1 Å². The number of aryl methyl sites for hydroxylation is 2. The Hall–Kier alpha value is -2.43. The molecule has 9 nitrogen and oxygen atoms in total. The van der Waals surface area contributed by atoms with E-state index in [-0.39, 0.29) is 23.8 Å². The Morgan fingerprint density at radius 2 is 1.76 bits per heavy atom. The molecular formula is C28H41N5O4S. The highest BCUT2D eigenvalue weighted by Crippen LogP contribution is 2.44. The molecule has 3 aliphatic rings. The smallest absolute Gasteiger partial charge is 0.273 e. The van der Waals surface area contributed by atoms with Crippen LogP contribution in [-0.2, 0) is 20.9 Å². The fraction of sp³-hybridized carbons (Fsp3) is 0.679. The first-order valence-electron chi connectivity index (χ1n) is 14.0. The molecule has 10 heteroatoms. The number of thiophene rings is 1. The van der Waals surface area contributed by atoms with Crippen LogP contribution in [0.3, 0.4) is 0 Å². The molecule has 1 unspecified atom stereocenters. The zero-order valence-electron chi connectivity index (χ0n) is 23.2. The molecule has 0 bridgehead atoms. The highest BCUT2D eigenvalue weighted by atomic mass is 32.1. The number of fused-ring (bicyclic) bond motifs is 3. The van der Waals surface area contributed by atoms with Gasteiger partial charge >= 0.3 is 0 Å². The SMILES string of the molecule is CC(=O)Nc1c2n(c3sc(C)c(C)c13)CC(C)(C(=O)NC1CCCCCC1)N(CCN1CCOCC1)C2=O. The van der Waals surface area contributed by atoms with Crippen LogP contribution in [-0.4, -0.2) is 83.1 Å². The van der Waals surface area contributed by atoms with Gasteiger partial charge in [0.25, 0.3) is 5.91 Å². The second-order valence-corrected chi connectivity index (χ2v) is 12.5. The first kappa shape index (κ1) is 27.1. The second-order valence-electron chi connectivity index (χ2n) is 11.3. The van der Waals surface area contributed by atoms with Crippen molar-refractivity contribution in [1.82, 2.24) is 19.7 Å². The number of carbonyl (C=O) groups excluding carboxylic acids is 3. The lowest BCUT2D eigenvalue weighted by atomic mass is 9.93. The molecule has 2 N–H and O–H groups in total. The van der Waals surface area contributed by atoms with Crippen molar-refractivity contribution in [3.8, 4) is 0 Å². The monoisotopic (exact) mass is 543 g/mol. The minimum absolute atomic E-state index is 0.0849. The van der Waals surface area contributed by atoms with Crippen molar-refractivity contribution in [2.45, 2.75) is 84.3 Å². The van der Waals surface area contributed by atoms with E-state index in [9.17, 15) is 14.4 Å². The molecule has 208 valence electrons. The maximum absolute atomic E-state index is 14.4. The summed E-state index contributed by atoms with van der Waals surface area (Å²) >= 11 is 1.62. The summed E-state index contributed by atoms with van der Waals surface area (Å²) in [7, 11) is 0. The molecule has 0 radical (unpaired) electrons. The van der Waals surface area contributed by atoms with E-state index >= 15 is 0 Å². The molecule has 1 atom stereocenters. The van der Waals surface area contributed by atoms with Gasteiger partial charge in [-0.25, -0.2) is 0 Å². The number of hydrogen-bond donors (Lipinski definition) is 2. The van der Waals surface area contributed by atoms with Crippen molar-refractivity contribution in [1.29, 1.82) is 0 Å². The van der Waals surface area contributed by atoms with E-state index in [0.717, 1.165) is 59.4 Å². The van der Waals surface area contributed by atoms with E-state index in [2.05, 4.69) is 22.5 Å². The molecule has 2 aliphatic heterocycles. The molecular weight excluding hydrogens is 502 g/mol. The Labute approximate surface area is 228 Å². The normalized spacial score (nSPS) is 23.4. The van der Waals surface area contributed by atoms with E-state index in [4.69, 9.17) is 4.74 Å². The van der Waals surface area contributed by atoms with Gasteiger partial charge in [0.15, 0.2) is 0 Å². The molecule has 38 heavy (non-hydrogen) atoms. The van der Waals surface area contributed by atoms with Gasteiger partial charge in [-0.05, 0) is 39.2 Å². The average molecular weight is 544 g/mol. The number of hydrogen-bond acceptors (Lipinski definition) is 6. The summed E-state index contributed by atoms with van der Waals surface area (Å²) in [6.45, 7) is 11.9. The first-order valence-corrected chi connectivity index (χ1v) is 14.8. The summed E-state index contributed by atoms with van der Waals surface area (Å²) in [5.74, 6) is -0.499. The Bertz CT molecular complexity index is 1220. The maximum Gasteiger partial charge on any atom is 0.273 e. The van der Waals surface area contributed by atoms with E-state index in [1.807, 2.05) is 18.4 Å². The van der Waals surface area contributed by atoms with E-state index in [0.29, 0.717) is 44.2 Å². The Morgan fingerprint density at radius 1 is 1.08 bits per heavy atom. The molecule has 2 aromatic heterocycles. The minimum Gasteiger partial charge on any atom is -0.379 e. The highest BCUT2D eigenvalue weighted by molar-refractivity contribution is 7.19. The molecule has 0 spiro atoms. The van der Waals surface area contributed by atoms with Gasteiger partial charge in [-0.1, -0.05) is 25.7 Å². The van der Waals surface area contributed by atoms with Crippen LogP contribution < -0.4 is 10.6 Å². The number of amides is 3. The van der Waals surface area contributed by atoms with Gasteiger partial charge < -0.3 is 24.8 Å². The zero-order chi connectivity index (χ0) is 27.0. The topological polar surface area (TPSA) is 95.9 Å². The third kappa shape index (κ3) is 4.98. The van der Waals surface area contributed by atoms with Gasteiger partial charge in [-0.2, -0.15) is 0 Å². The number of ether oxygens (including phenoxy) is 1.